The fourth-order valence-electron chi connectivity index (χ4n) is 1.84. The molecular formula is C14H20N2O. The van der Waals surface area contributed by atoms with E-state index in [1.54, 1.807) is 0 Å². The summed E-state index contributed by atoms with van der Waals surface area (Å²) in [6, 6.07) is 7.92. The largest absolute Gasteiger partial charge is 0.394 e. The number of anilines is 1. The quantitative estimate of drug-likeness (QED) is 0.820. The Hall–Kier alpha value is -1.53. The van der Waals surface area contributed by atoms with Gasteiger partial charge in [0.2, 0.25) is 0 Å². The highest BCUT2D eigenvalue weighted by Gasteiger charge is 2.25. The van der Waals surface area contributed by atoms with Crippen LogP contribution in [0, 0.1) is 18.3 Å². The monoisotopic (exact) mass is 232 g/mol. The van der Waals surface area contributed by atoms with Gasteiger partial charge in [0.25, 0.3) is 0 Å². The molecule has 0 saturated heterocycles. The van der Waals surface area contributed by atoms with Gasteiger partial charge in [-0.2, -0.15) is 5.26 Å². The molecule has 1 aromatic rings. The van der Waals surface area contributed by atoms with Crippen molar-refractivity contribution in [1.82, 2.24) is 0 Å². The SMILES string of the molecule is CCC(CC)(CO)Nc1ccc(C)cc1C#N. The van der Waals surface area contributed by atoms with Gasteiger partial charge in [0.05, 0.1) is 23.4 Å². The van der Waals surface area contributed by atoms with Crippen molar-refractivity contribution in [3.8, 4) is 6.07 Å². The van der Waals surface area contributed by atoms with E-state index in [0.29, 0.717) is 5.56 Å². The molecule has 0 bridgehead atoms. The fourth-order valence-corrected chi connectivity index (χ4v) is 1.84. The molecule has 0 fully saturated rings. The molecule has 0 saturated carbocycles. The fraction of sp³-hybridized carbons (Fsp3) is 0.500. The lowest BCUT2D eigenvalue weighted by atomic mass is 9.93. The third kappa shape index (κ3) is 2.98. The molecular weight excluding hydrogens is 212 g/mol. The molecule has 0 heterocycles. The first-order chi connectivity index (χ1) is 8.10. The average molecular weight is 232 g/mol. The van der Waals surface area contributed by atoms with Gasteiger partial charge in [-0.05, 0) is 37.5 Å². The van der Waals surface area contributed by atoms with Crippen molar-refractivity contribution >= 4 is 5.69 Å². The van der Waals surface area contributed by atoms with Crippen LogP contribution in [0.3, 0.4) is 0 Å². The molecule has 3 nitrogen and oxygen atoms in total. The van der Waals surface area contributed by atoms with E-state index in [4.69, 9.17) is 5.26 Å². The van der Waals surface area contributed by atoms with Gasteiger partial charge in [-0.3, -0.25) is 0 Å². The maximum atomic E-state index is 9.51. The molecule has 1 aromatic carbocycles. The molecule has 0 aliphatic heterocycles. The zero-order chi connectivity index (χ0) is 12.9. The number of hydrogen-bond donors (Lipinski definition) is 2. The highest BCUT2D eigenvalue weighted by atomic mass is 16.3. The molecule has 2 N–H and O–H groups in total. The van der Waals surface area contributed by atoms with Crippen LogP contribution in [-0.4, -0.2) is 17.3 Å². The van der Waals surface area contributed by atoms with Crippen LogP contribution in [-0.2, 0) is 0 Å². The predicted molar refractivity (Wildman–Crippen MR) is 69.9 cm³/mol. The molecule has 0 aromatic heterocycles. The predicted octanol–water partition coefficient (Wildman–Crippen LogP) is 2.83. The number of aliphatic hydroxyl groups is 1. The Balaban J connectivity index is 3.06. The van der Waals surface area contributed by atoms with Crippen LogP contribution >= 0.6 is 0 Å². The summed E-state index contributed by atoms with van der Waals surface area (Å²) in [6.07, 6.45) is 1.64. The summed E-state index contributed by atoms with van der Waals surface area (Å²) in [5, 5.41) is 21.9. The zero-order valence-corrected chi connectivity index (χ0v) is 10.7. The third-order valence-electron chi connectivity index (χ3n) is 3.35. The van der Waals surface area contributed by atoms with Gasteiger partial charge < -0.3 is 10.4 Å². The van der Waals surface area contributed by atoms with E-state index in [1.165, 1.54) is 0 Å². The number of nitriles is 1. The van der Waals surface area contributed by atoms with Crippen LogP contribution in [0.2, 0.25) is 0 Å². The van der Waals surface area contributed by atoms with Crippen molar-refractivity contribution < 1.29 is 5.11 Å². The lowest BCUT2D eigenvalue weighted by Gasteiger charge is -2.32. The first-order valence-electron chi connectivity index (χ1n) is 6.00. The van der Waals surface area contributed by atoms with Crippen LogP contribution in [0.4, 0.5) is 5.69 Å². The molecule has 92 valence electrons. The second-order valence-electron chi connectivity index (χ2n) is 4.43. The van der Waals surface area contributed by atoms with E-state index >= 15 is 0 Å². The standard InChI is InChI=1S/C14H20N2O/c1-4-14(5-2,10-17)16-13-7-6-11(3)8-12(13)9-15/h6-8,16-17H,4-5,10H2,1-3H3. The van der Waals surface area contributed by atoms with E-state index in [2.05, 4.69) is 11.4 Å². The maximum Gasteiger partial charge on any atom is 0.101 e. The van der Waals surface area contributed by atoms with Gasteiger partial charge in [0.1, 0.15) is 6.07 Å². The smallest absolute Gasteiger partial charge is 0.101 e. The van der Waals surface area contributed by atoms with Gasteiger partial charge in [-0.25, -0.2) is 0 Å². The van der Waals surface area contributed by atoms with Crippen LogP contribution in [0.15, 0.2) is 18.2 Å². The summed E-state index contributed by atoms with van der Waals surface area (Å²) < 4.78 is 0. The summed E-state index contributed by atoms with van der Waals surface area (Å²) in [6.45, 7) is 6.10. The second-order valence-corrected chi connectivity index (χ2v) is 4.43. The van der Waals surface area contributed by atoms with E-state index in [-0.39, 0.29) is 12.1 Å². The molecule has 0 spiro atoms. The number of hydrogen-bond acceptors (Lipinski definition) is 3. The van der Waals surface area contributed by atoms with Gasteiger partial charge in [-0.1, -0.05) is 19.9 Å². The molecule has 0 amide bonds. The number of aliphatic hydroxyl groups excluding tert-OH is 1. The summed E-state index contributed by atoms with van der Waals surface area (Å²) in [4.78, 5) is 0. The van der Waals surface area contributed by atoms with E-state index < -0.39 is 0 Å². The molecule has 3 heteroatoms. The normalized spacial score (nSPS) is 11.0. The highest BCUT2D eigenvalue weighted by molar-refractivity contribution is 5.59. The van der Waals surface area contributed by atoms with Crippen molar-refractivity contribution in [2.75, 3.05) is 11.9 Å². The topological polar surface area (TPSA) is 56.0 Å². The lowest BCUT2D eigenvalue weighted by Crippen LogP contribution is -2.41. The number of aryl methyl sites for hydroxylation is 1. The minimum absolute atomic E-state index is 0.0682. The van der Waals surface area contributed by atoms with Crippen LogP contribution < -0.4 is 5.32 Å². The minimum atomic E-state index is -0.332. The number of benzene rings is 1. The van der Waals surface area contributed by atoms with Crippen molar-refractivity contribution in [3.05, 3.63) is 29.3 Å². The second kappa shape index (κ2) is 5.70. The van der Waals surface area contributed by atoms with Gasteiger partial charge >= 0.3 is 0 Å². The zero-order valence-electron chi connectivity index (χ0n) is 10.7. The van der Waals surface area contributed by atoms with Crippen molar-refractivity contribution in [2.45, 2.75) is 39.2 Å². The summed E-state index contributed by atoms with van der Waals surface area (Å²) in [7, 11) is 0. The number of nitrogens with one attached hydrogen (secondary N) is 1. The van der Waals surface area contributed by atoms with Crippen LogP contribution in [0.1, 0.15) is 37.8 Å². The summed E-state index contributed by atoms with van der Waals surface area (Å²) in [5.41, 5.74) is 2.16. The molecule has 0 unspecified atom stereocenters. The van der Waals surface area contributed by atoms with Crippen molar-refractivity contribution in [2.24, 2.45) is 0 Å². The first-order valence-corrected chi connectivity index (χ1v) is 6.00. The molecule has 1 rings (SSSR count). The van der Waals surface area contributed by atoms with Gasteiger partial charge in [-0.15, -0.1) is 0 Å². The van der Waals surface area contributed by atoms with Gasteiger partial charge in [0.15, 0.2) is 0 Å². The van der Waals surface area contributed by atoms with E-state index in [0.717, 1.165) is 24.1 Å². The maximum absolute atomic E-state index is 9.51. The van der Waals surface area contributed by atoms with E-state index in [9.17, 15) is 5.11 Å². The first kappa shape index (κ1) is 13.5. The third-order valence-corrected chi connectivity index (χ3v) is 3.35. The molecule has 0 aliphatic carbocycles. The Labute approximate surface area is 103 Å². The number of nitrogens with zero attached hydrogens (tertiary/aromatic N) is 1. The summed E-state index contributed by atoms with van der Waals surface area (Å²) in [5.74, 6) is 0. The van der Waals surface area contributed by atoms with Crippen molar-refractivity contribution in [3.63, 3.8) is 0 Å². The molecule has 0 radical (unpaired) electrons. The Bertz CT molecular complexity index is 408. The van der Waals surface area contributed by atoms with Crippen molar-refractivity contribution in [1.29, 1.82) is 5.26 Å². The molecule has 17 heavy (non-hydrogen) atoms. The minimum Gasteiger partial charge on any atom is -0.394 e. The Morgan fingerprint density at radius 1 is 1.35 bits per heavy atom. The van der Waals surface area contributed by atoms with Gasteiger partial charge in [0, 0.05) is 0 Å². The van der Waals surface area contributed by atoms with Crippen LogP contribution in [0.25, 0.3) is 0 Å². The van der Waals surface area contributed by atoms with Crippen LogP contribution in [0.5, 0.6) is 0 Å². The molecule has 0 atom stereocenters. The Morgan fingerprint density at radius 3 is 2.47 bits per heavy atom. The number of rotatable bonds is 5. The Morgan fingerprint density at radius 2 is 2.00 bits per heavy atom. The summed E-state index contributed by atoms with van der Waals surface area (Å²) >= 11 is 0. The Kier molecular flexibility index (Phi) is 4.53. The van der Waals surface area contributed by atoms with E-state index in [1.807, 2.05) is 39.0 Å². The molecule has 0 aliphatic rings. The average Bonchev–Trinajstić information content (AvgIpc) is 2.37. The lowest BCUT2D eigenvalue weighted by molar-refractivity contribution is 0.202. The highest BCUT2D eigenvalue weighted by Crippen LogP contribution is 2.25.